The topological polar surface area (TPSA) is 111 Å². The minimum atomic E-state index is -0.724. The van der Waals surface area contributed by atoms with Crippen molar-refractivity contribution < 1.29 is 24.0 Å². The molecule has 2 aromatic rings. The minimum absolute atomic E-state index is 0.00963. The van der Waals surface area contributed by atoms with Crippen LogP contribution in [0.25, 0.3) is 0 Å². The number of likely N-dealkylation sites (N-methyl/N-ethyl adjacent to an activating group) is 1. The molecule has 2 aromatic carbocycles. The molecule has 0 aliphatic rings. The number of ether oxygens (including phenoxy) is 2. The molecule has 0 saturated carbocycles. The van der Waals surface area contributed by atoms with Crippen LogP contribution >= 0.6 is 0 Å². The number of hydrogen-bond acceptors (Lipinski definition) is 7. The first-order valence-electron chi connectivity index (χ1n) is 9.32. The molecule has 0 spiro atoms. The maximum atomic E-state index is 12.7. The molecule has 0 saturated heterocycles. The molecule has 0 aliphatic carbocycles. The summed E-state index contributed by atoms with van der Waals surface area (Å²) in [6.07, 6.45) is 0. The van der Waals surface area contributed by atoms with Crippen molar-refractivity contribution in [3.8, 4) is 5.75 Å². The van der Waals surface area contributed by atoms with Crippen LogP contribution in [0.5, 0.6) is 5.75 Å². The van der Waals surface area contributed by atoms with Gasteiger partial charge in [-0.2, -0.15) is 0 Å². The first-order valence-corrected chi connectivity index (χ1v) is 9.32. The van der Waals surface area contributed by atoms with E-state index in [9.17, 15) is 19.7 Å². The highest BCUT2D eigenvalue weighted by Crippen LogP contribution is 2.23. The van der Waals surface area contributed by atoms with Gasteiger partial charge in [-0.25, -0.2) is 4.79 Å². The highest BCUT2D eigenvalue weighted by molar-refractivity contribution is 5.99. The molecule has 0 radical (unpaired) electrons. The zero-order chi connectivity index (χ0) is 22.3. The largest absolute Gasteiger partial charge is 0.497 e. The lowest BCUT2D eigenvalue weighted by Crippen LogP contribution is -2.34. The van der Waals surface area contributed by atoms with Gasteiger partial charge in [0.05, 0.1) is 30.2 Å². The molecule has 0 heterocycles. The summed E-state index contributed by atoms with van der Waals surface area (Å²) in [4.78, 5) is 37.2. The van der Waals surface area contributed by atoms with E-state index in [0.717, 1.165) is 17.7 Å². The van der Waals surface area contributed by atoms with Crippen molar-refractivity contribution in [2.45, 2.75) is 13.0 Å². The molecule has 2 rings (SSSR count). The number of esters is 1. The Morgan fingerprint density at radius 1 is 1.17 bits per heavy atom. The lowest BCUT2D eigenvalue weighted by Gasteiger charge is -2.25. The fourth-order valence-corrected chi connectivity index (χ4v) is 2.92. The highest BCUT2D eigenvalue weighted by Gasteiger charge is 2.21. The molecule has 0 aromatic heterocycles. The standard InChI is InChI=1S/C21H25N3O6/c1-5-30-21(26)16-9-15(10-17(11-16)24(27)28)20(25)22-13-19(23(2)3)14-7-6-8-18(12-14)29-4/h6-12,19H,5,13H2,1-4H3,(H,22,25). The summed E-state index contributed by atoms with van der Waals surface area (Å²) in [6.45, 7) is 1.99. The molecule has 1 unspecified atom stereocenters. The summed E-state index contributed by atoms with van der Waals surface area (Å²) in [5, 5.41) is 14.0. The number of amides is 1. The molecule has 160 valence electrons. The highest BCUT2D eigenvalue weighted by atomic mass is 16.6. The van der Waals surface area contributed by atoms with Crippen LogP contribution in [0, 0.1) is 10.1 Å². The quantitative estimate of drug-likeness (QED) is 0.381. The van der Waals surface area contributed by atoms with Crippen LogP contribution in [0.2, 0.25) is 0 Å². The van der Waals surface area contributed by atoms with Crippen LogP contribution in [0.1, 0.15) is 39.2 Å². The third kappa shape index (κ3) is 5.77. The Labute approximate surface area is 174 Å². The van der Waals surface area contributed by atoms with E-state index in [-0.39, 0.29) is 36.0 Å². The van der Waals surface area contributed by atoms with Crippen LogP contribution in [0.3, 0.4) is 0 Å². The van der Waals surface area contributed by atoms with Crippen LogP contribution in [0.4, 0.5) is 5.69 Å². The number of carbonyl (C=O) groups is 2. The summed E-state index contributed by atoms with van der Waals surface area (Å²) in [6, 6.07) is 10.8. The third-order valence-corrected chi connectivity index (χ3v) is 4.46. The average molecular weight is 415 g/mol. The Balaban J connectivity index is 2.24. The van der Waals surface area contributed by atoms with E-state index < -0.39 is 16.8 Å². The number of benzene rings is 2. The normalized spacial score (nSPS) is 11.6. The molecule has 1 N–H and O–H groups in total. The minimum Gasteiger partial charge on any atom is -0.497 e. The second kappa shape index (κ2) is 10.4. The van der Waals surface area contributed by atoms with Gasteiger partial charge < -0.3 is 19.7 Å². The number of non-ortho nitro benzene ring substituents is 1. The van der Waals surface area contributed by atoms with Crippen molar-refractivity contribution in [3.63, 3.8) is 0 Å². The molecule has 0 fully saturated rings. The number of nitro benzene ring substituents is 1. The molecule has 0 bridgehead atoms. The second-order valence-corrected chi connectivity index (χ2v) is 6.71. The fourth-order valence-electron chi connectivity index (χ4n) is 2.92. The van der Waals surface area contributed by atoms with Crippen molar-refractivity contribution in [1.82, 2.24) is 10.2 Å². The lowest BCUT2D eigenvalue weighted by molar-refractivity contribution is -0.384. The van der Waals surface area contributed by atoms with E-state index >= 15 is 0 Å². The van der Waals surface area contributed by atoms with E-state index in [1.807, 2.05) is 43.3 Å². The van der Waals surface area contributed by atoms with Crippen LogP contribution in [0.15, 0.2) is 42.5 Å². The van der Waals surface area contributed by atoms with Gasteiger partial charge in [0.25, 0.3) is 11.6 Å². The fraction of sp³-hybridized carbons (Fsp3) is 0.333. The lowest BCUT2D eigenvalue weighted by atomic mass is 10.0. The van der Waals surface area contributed by atoms with Gasteiger partial charge in [0.1, 0.15) is 5.75 Å². The van der Waals surface area contributed by atoms with E-state index in [4.69, 9.17) is 9.47 Å². The number of rotatable bonds is 9. The van der Waals surface area contributed by atoms with Gasteiger partial charge in [0.2, 0.25) is 0 Å². The molecule has 9 heteroatoms. The zero-order valence-electron chi connectivity index (χ0n) is 17.4. The Hall–Kier alpha value is -3.46. The van der Waals surface area contributed by atoms with Gasteiger partial charge >= 0.3 is 5.97 Å². The third-order valence-electron chi connectivity index (χ3n) is 4.46. The summed E-state index contributed by atoms with van der Waals surface area (Å²) in [5.41, 5.74) is 0.539. The number of carbonyl (C=O) groups excluding carboxylic acids is 2. The zero-order valence-corrected chi connectivity index (χ0v) is 17.4. The summed E-state index contributed by atoms with van der Waals surface area (Å²) in [5.74, 6) is -0.555. The summed E-state index contributed by atoms with van der Waals surface area (Å²) >= 11 is 0. The van der Waals surface area contributed by atoms with Gasteiger partial charge in [-0.1, -0.05) is 12.1 Å². The first kappa shape index (κ1) is 22.8. The number of nitro groups is 1. The van der Waals surface area contributed by atoms with Crippen molar-refractivity contribution in [2.75, 3.05) is 34.4 Å². The molecule has 0 aliphatic heterocycles. The first-order chi connectivity index (χ1) is 14.3. The number of hydrogen-bond donors (Lipinski definition) is 1. The molecule has 30 heavy (non-hydrogen) atoms. The van der Waals surface area contributed by atoms with Gasteiger partial charge in [0.15, 0.2) is 0 Å². The average Bonchev–Trinajstić information content (AvgIpc) is 2.73. The number of nitrogens with zero attached hydrogens (tertiary/aromatic N) is 2. The van der Waals surface area contributed by atoms with Gasteiger partial charge in [-0.15, -0.1) is 0 Å². The number of methoxy groups -OCH3 is 1. The predicted molar refractivity (Wildman–Crippen MR) is 111 cm³/mol. The van der Waals surface area contributed by atoms with E-state index in [1.54, 1.807) is 14.0 Å². The number of nitrogens with one attached hydrogen (secondary N) is 1. The maximum Gasteiger partial charge on any atom is 0.338 e. The van der Waals surface area contributed by atoms with Crippen LogP contribution in [-0.4, -0.2) is 56.1 Å². The Bertz CT molecular complexity index is 929. The molecule has 1 amide bonds. The van der Waals surface area contributed by atoms with E-state index in [2.05, 4.69) is 5.32 Å². The SMILES string of the molecule is CCOC(=O)c1cc(C(=O)NCC(c2cccc(OC)c2)N(C)C)cc([N+](=O)[O-])c1. The van der Waals surface area contributed by atoms with Crippen molar-refractivity contribution in [2.24, 2.45) is 0 Å². The smallest absolute Gasteiger partial charge is 0.338 e. The van der Waals surface area contributed by atoms with Crippen LogP contribution < -0.4 is 10.1 Å². The molecule has 1 atom stereocenters. The van der Waals surface area contributed by atoms with Crippen molar-refractivity contribution in [3.05, 3.63) is 69.3 Å². The van der Waals surface area contributed by atoms with Gasteiger partial charge in [0, 0.05) is 24.2 Å². The van der Waals surface area contributed by atoms with E-state index in [1.165, 1.54) is 6.07 Å². The molecular weight excluding hydrogens is 390 g/mol. The monoisotopic (exact) mass is 415 g/mol. The summed E-state index contributed by atoms with van der Waals surface area (Å²) < 4.78 is 10.2. The molecule has 9 nitrogen and oxygen atoms in total. The second-order valence-electron chi connectivity index (χ2n) is 6.71. The van der Waals surface area contributed by atoms with Crippen LogP contribution in [-0.2, 0) is 4.74 Å². The molecular formula is C21H25N3O6. The Kier molecular flexibility index (Phi) is 7.88. The van der Waals surface area contributed by atoms with Crippen molar-refractivity contribution in [1.29, 1.82) is 0 Å². The van der Waals surface area contributed by atoms with E-state index in [0.29, 0.717) is 5.75 Å². The Morgan fingerprint density at radius 2 is 1.87 bits per heavy atom. The predicted octanol–water partition coefficient (Wildman–Crippen LogP) is 2.81. The maximum absolute atomic E-state index is 12.7. The summed E-state index contributed by atoms with van der Waals surface area (Å²) in [7, 11) is 5.33. The Morgan fingerprint density at radius 3 is 2.47 bits per heavy atom. The van der Waals surface area contributed by atoms with Gasteiger partial charge in [-0.05, 0) is 44.8 Å². The van der Waals surface area contributed by atoms with Gasteiger partial charge in [-0.3, -0.25) is 14.9 Å². The van der Waals surface area contributed by atoms with Crippen molar-refractivity contribution >= 4 is 17.6 Å².